The number of hydrogen-bond donors (Lipinski definition) is 0. The van der Waals surface area contributed by atoms with E-state index < -0.39 is 8.07 Å². The molecule has 0 amide bonds. The third kappa shape index (κ3) is 2.16. The summed E-state index contributed by atoms with van der Waals surface area (Å²) >= 11 is 0. The molecular weight excluding hydrogens is 262 g/mol. The quantitative estimate of drug-likeness (QED) is 0.675. The molecule has 0 atom stereocenters. The van der Waals surface area contributed by atoms with E-state index in [4.69, 9.17) is 0 Å². The Kier molecular flexibility index (Phi) is 2.98. The van der Waals surface area contributed by atoms with Gasteiger partial charge in [0.2, 0.25) is 0 Å². The monoisotopic (exact) mass is 281 g/mol. The van der Waals surface area contributed by atoms with Crippen molar-refractivity contribution in [1.82, 2.24) is 14.5 Å². The Balaban J connectivity index is 2.23. The number of nitrogens with zero attached hydrogens (tertiary/aromatic N) is 3. The number of hydrogen-bond acceptors (Lipinski definition) is 2. The van der Waals surface area contributed by atoms with Crippen LogP contribution >= 0.6 is 0 Å². The minimum Gasteiger partial charge on any atom is -0.281 e. The van der Waals surface area contributed by atoms with Gasteiger partial charge in [-0.15, -0.1) is 0 Å². The smallest absolute Gasteiger partial charge is 0.164 e. The van der Waals surface area contributed by atoms with Crippen LogP contribution < -0.4 is 5.19 Å². The first-order valence-corrected chi connectivity index (χ1v) is 10.4. The summed E-state index contributed by atoms with van der Waals surface area (Å²) in [5, 5.41) is 1.35. The lowest BCUT2D eigenvalue weighted by atomic mass is 10.3. The molecule has 0 aliphatic heterocycles. The van der Waals surface area contributed by atoms with Gasteiger partial charge in [-0.1, -0.05) is 37.8 Å². The van der Waals surface area contributed by atoms with Crippen LogP contribution in [0.15, 0.2) is 42.6 Å². The summed E-state index contributed by atoms with van der Waals surface area (Å²) < 4.78 is 2.11. The molecule has 0 saturated heterocycles. The lowest BCUT2D eigenvalue weighted by Gasteiger charge is -2.15. The summed E-state index contributed by atoms with van der Waals surface area (Å²) in [6, 6.07) is 12.5. The normalized spacial score (nSPS) is 12.0. The van der Waals surface area contributed by atoms with E-state index in [0.29, 0.717) is 0 Å². The maximum atomic E-state index is 4.69. The van der Waals surface area contributed by atoms with Crippen molar-refractivity contribution in [3.05, 3.63) is 48.4 Å². The lowest BCUT2D eigenvalue weighted by Crippen LogP contribution is -2.37. The topological polar surface area (TPSA) is 30.7 Å². The molecule has 3 aromatic rings. The highest BCUT2D eigenvalue weighted by atomic mass is 28.3. The Morgan fingerprint density at radius 3 is 2.40 bits per heavy atom. The van der Waals surface area contributed by atoms with Crippen molar-refractivity contribution < 1.29 is 0 Å². The SMILES string of the molecule is Cc1nc2cc([Si](C)(C)C)cnc2n1-c1ccccc1. The standard InChI is InChI=1S/C16H19N3Si/c1-12-18-15-10-14(20(2,3)4)11-17-16(15)19(12)13-8-6-5-7-9-13/h5-11H,1-4H3. The maximum absolute atomic E-state index is 4.69. The van der Waals surface area contributed by atoms with E-state index in [0.717, 1.165) is 22.7 Å². The molecule has 0 saturated carbocycles. The van der Waals surface area contributed by atoms with Gasteiger partial charge in [0, 0.05) is 11.9 Å². The predicted molar refractivity (Wildman–Crippen MR) is 86.6 cm³/mol. The highest BCUT2D eigenvalue weighted by Gasteiger charge is 2.19. The van der Waals surface area contributed by atoms with Crippen molar-refractivity contribution in [3.63, 3.8) is 0 Å². The van der Waals surface area contributed by atoms with Crippen LogP contribution in [0.1, 0.15) is 5.82 Å². The Morgan fingerprint density at radius 1 is 1.05 bits per heavy atom. The number of pyridine rings is 1. The number of benzene rings is 1. The van der Waals surface area contributed by atoms with Crippen molar-refractivity contribution in [1.29, 1.82) is 0 Å². The molecule has 0 fully saturated rings. The number of fused-ring (bicyclic) bond motifs is 1. The molecule has 3 nitrogen and oxygen atoms in total. The first-order valence-electron chi connectivity index (χ1n) is 6.88. The van der Waals surface area contributed by atoms with E-state index in [-0.39, 0.29) is 0 Å². The van der Waals surface area contributed by atoms with E-state index in [9.17, 15) is 0 Å². The fraction of sp³-hybridized carbons (Fsp3) is 0.250. The second kappa shape index (κ2) is 4.56. The van der Waals surface area contributed by atoms with Crippen molar-refractivity contribution in [2.45, 2.75) is 26.6 Å². The molecule has 1 aromatic carbocycles. The minimum atomic E-state index is -1.35. The van der Waals surface area contributed by atoms with E-state index in [1.54, 1.807) is 0 Å². The number of para-hydroxylation sites is 1. The van der Waals surface area contributed by atoms with Crippen LogP contribution in [0.5, 0.6) is 0 Å². The van der Waals surface area contributed by atoms with Gasteiger partial charge in [0.05, 0.1) is 8.07 Å². The van der Waals surface area contributed by atoms with Crippen LogP contribution in [-0.4, -0.2) is 22.6 Å². The molecule has 0 radical (unpaired) electrons. The molecule has 0 spiro atoms. The Bertz CT molecular complexity index is 754. The second-order valence-corrected chi connectivity index (χ2v) is 11.2. The maximum Gasteiger partial charge on any atom is 0.164 e. The molecule has 0 bridgehead atoms. The third-order valence-corrected chi connectivity index (χ3v) is 5.55. The molecule has 0 N–H and O–H groups in total. The number of imidazole rings is 1. The summed E-state index contributed by atoms with van der Waals surface area (Å²) in [5.41, 5.74) is 3.04. The first kappa shape index (κ1) is 13.1. The van der Waals surface area contributed by atoms with Crippen LogP contribution in [0.25, 0.3) is 16.9 Å². The zero-order valence-corrected chi connectivity index (χ0v) is 13.4. The van der Waals surface area contributed by atoms with Gasteiger partial charge >= 0.3 is 0 Å². The largest absolute Gasteiger partial charge is 0.281 e. The molecule has 0 aliphatic rings. The zero-order valence-electron chi connectivity index (χ0n) is 12.4. The van der Waals surface area contributed by atoms with Crippen LogP contribution in [0, 0.1) is 6.92 Å². The highest BCUT2D eigenvalue weighted by Crippen LogP contribution is 2.19. The van der Waals surface area contributed by atoms with Crippen molar-refractivity contribution in [2.24, 2.45) is 0 Å². The fourth-order valence-corrected chi connectivity index (χ4v) is 3.40. The molecule has 102 valence electrons. The van der Waals surface area contributed by atoms with E-state index in [1.165, 1.54) is 5.19 Å². The van der Waals surface area contributed by atoms with Crippen LogP contribution in [0.3, 0.4) is 0 Å². The van der Waals surface area contributed by atoms with Gasteiger partial charge < -0.3 is 0 Å². The molecule has 2 aromatic heterocycles. The lowest BCUT2D eigenvalue weighted by molar-refractivity contribution is 0.987. The van der Waals surface area contributed by atoms with Crippen LogP contribution in [0.2, 0.25) is 19.6 Å². The third-order valence-electron chi connectivity index (χ3n) is 3.55. The Morgan fingerprint density at radius 2 is 1.75 bits per heavy atom. The van der Waals surface area contributed by atoms with E-state index in [1.807, 2.05) is 31.3 Å². The van der Waals surface area contributed by atoms with Crippen molar-refractivity contribution in [2.75, 3.05) is 0 Å². The van der Waals surface area contributed by atoms with Crippen LogP contribution in [-0.2, 0) is 0 Å². The second-order valence-electron chi connectivity index (χ2n) is 6.15. The molecule has 2 heterocycles. The van der Waals surface area contributed by atoms with Crippen LogP contribution in [0.4, 0.5) is 0 Å². The van der Waals surface area contributed by atoms with Crippen molar-refractivity contribution in [3.8, 4) is 5.69 Å². The van der Waals surface area contributed by atoms with Gasteiger partial charge in [0.15, 0.2) is 5.65 Å². The average molecular weight is 281 g/mol. The summed E-state index contributed by atoms with van der Waals surface area (Å²) in [4.78, 5) is 9.37. The zero-order chi connectivity index (χ0) is 14.3. The predicted octanol–water partition coefficient (Wildman–Crippen LogP) is 3.27. The summed E-state index contributed by atoms with van der Waals surface area (Å²) in [6.45, 7) is 9.02. The molecular formula is C16H19N3Si. The fourth-order valence-electron chi connectivity index (χ4n) is 2.37. The molecule has 0 unspecified atom stereocenters. The van der Waals surface area contributed by atoms with Gasteiger partial charge in [-0.2, -0.15) is 0 Å². The summed E-state index contributed by atoms with van der Waals surface area (Å²) in [6.07, 6.45) is 2.02. The number of aromatic nitrogens is 3. The van der Waals surface area contributed by atoms with E-state index in [2.05, 4.69) is 52.4 Å². The average Bonchev–Trinajstić information content (AvgIpc) is 2.73. The van der Waals surface area contributed by atoms with Gasteiger partial charge in [-0.25, -0.2) is 9.97 Å². The van der Waals surface area contributed by atoms with Gasteiger partial charge in [-0.3, -0.25) is 4.57 Å². The highest BCUT2D eigenvalue weighted by molar-refractivity contribution is 6.88. The Hall–Kier alpha value is -1.94. The summed E-state index contributed by atoms with van der Waals surface area (Å²) in [5.74, 6) is 0.978. The van der Waals surface area contributed by atoms with Gasteiger partial charge in [0.1, 0.15) is 11.3 Å². The van der Waals surface area contributed by atoms with E-state index >= 15 is 0 Å². The van der Waals surface area contributed by atoms with Gasteiger partial charge in [-0.05, 0) is 30.3 Å². The Labute approximate surface area is 120 Å². The molecule has 0 aliphatic carbocycles. The number of aryl methyl sites for hydroxylation is 1. The minimum absolute atomic E-state index is 0.940. The molecule has 3 rings (SSSR count). The summed E-state index contributed by atoms with van der Waals surface area (Å²) in [7, 11) is -1.35. The molecule has 20 heavy (non-hydrogen) atoms. The molecule has 4 heteroatoms. The van der Waals surface area contributed by atoms with Crippen molar-refractivity contribution >= 4 is 24.4 Å². The first-order chi connectivity index (χ1) is 9.47. The number of rotatable bonds is 2. The van der Waals surface area contributed by atoms with Gasteiger partial charge in [0.25, 0.3) is 0 Å².